The average Bonchev–Trinajstić information content (AvgIpc) is 3.54. The molecule has 0 radical (unpaired) electrons. The van der Waals surface area contributed by atoms with Crippen molar-refractivity contribution in [3.05, 3.63) is 30.5 Å². The Labute approximate surface area is 171 Å². The molecule has 0 bridgehead atoms. The molecule has 1 unspecified atom stereocenters. The number of likely N-dealkylation sites (tertiary alicyclic amines) is 1. The number of amides is 1. The first-order chi connectivity index (χ1) is 14.2. The quantitative estimate of drug-likeness (QED) is 0.843. The number of aromatic nitrogens is 3. The van der Waals surface area contributed by atoms with Crippen molar-refractivity contribution in [2.24, 2.45) is 11.8 Å². The Kier molecular flexibility index (Phi) is 4.89. The molecule has 3 aliphatic rings. The van der Waals surface area contributed by atoms with Gasteiger partial charge in [-0.3, -0.25) is 10.1 Å². The fourth-order valence-corrected chi connectivity index (χ4v) is 4.64. The van der Waals surface area contributed by atoms with Crippen LogP contribution in [0.1, 0.15) is 44.9 Å². The summed E-state index contributed by atoms with van der Waals surface area (Å²) in [5, 5.41) is 7.47. The third-order valence-electron chi connectivity index (χ3n) is 6.50. The summed E-state index contributed by atoms with van der Waals surface area (Å²) in [6, 6.07) is 6.06. The van der Waals surface area contributed by atoms with Crippen LogP contribution in [0.25, 0.3) is 5.65 Å². The van der Waals surface area contributed by atoms with Crippen molar-refractivity contribution in [3.8, 4) is 0 Å². The van der Waals surface area contributed by atoms with Gasteiger partial charge < -0.3 is 9.80 Å². The first-order valence-corrected chi connectivity index (χ1v) is 11.0. The fourth-order valence-electron chi connectivity index (χ4n) is 4.64. The molecule has 0 spiro atoms. The third kappa shape index (κ3) is 3.82. The van der Waals surface area contributed by atoms with Crippen LogP contribution in [0.4, 0.5) is 11.8 Å². The first kappa shape index (κ1) is 18.5. The van der Waals surface area contributed by atoms with Crippen LogP contribution in [0.15, 0.2) is 30.5 Å². The molecular weight excluding hydrogens is 364 g/mol. The van der Waals surface area contributed by atoms with Gasteiger partial charge in [-0.25, -0.2) is 0 Å². The van der Waals surface area contributed by atoms with Crippen LogP contribution in [0.2, 0.25) is 0 Å². The maximum atomic E-state index is 12.1. The predicted octanol–water partition coefficient (Wildman–Crippen LogP) is 3.29. The third-order valence-corrected chi connectivity index (χ3v) is 6.50. The maximum absolute atomic E-state index is 12.1. The Morgan fingerprint density at radius 1 is 1.03 bits per heavy atom. The number of nitrogens with zero attached hydrogens (tertiary/aromatic N) is 5. The minimum Gasteiger partial charge on any atom is -0.375 e. The van der Waals surface area contributed by atoms with Gasteiger partial charge in [0.1, 0.15) is 5.82 Å². The van der Waals surface area contributed by atoms with E-state index in [2.05, 4.69) is 37.8 Å². The molecule has 29 heavy (non-hydrogen) atoms. The molecule has 1 aliphatic carbocycles. The first-order valence-electron chi connectivity index (χ1n) is 11.0. The minimum absolute atomic E-state index is 0.0401. The lowest BCUT2D eigenvalue weighted by Crippen LogP contribution is -2.41. The number of hydrogen-bond acceptors (Lipinski definition) is 5. The van der Waals surface area contributed by atoms with Gasteiger partial charge in [0, 0.05) is 43.7 Å². The van der Waals surface area contributed by atoms with E-state index in [1.807, 2.05) is 16.6 Å². The van der Waals surface area contributed by atoms with Crippen molar-refractivity contribution in [2.75, 3.05) is 36.4 Å². The minimum atomic E-state index is 0.0401. The molecule has 5 rings (SSSR count). The van der Waals surface area contributed by atoms with Gasteiger partial charge in [-0.1, -0.05) is 12.6 Å². The van der Waals surface area contributed by atoms with E-state index in [0.29, 0.717) is 11.9 Å². The van der Waals surface area contributed by atoms with Crippen molar-refractivity contribution in [3.63, 3.8) is 0 Å². The number of carbonyl (C=O) groups is 1. The second-order valence-electron chi connectivity index (χ2n) is 8.68. The zero-order valence-electron chi connectivity index (χ0n) is 17.0. The topological polar surface area (TPSA) is 65.8 Å². The second-order valence-corrected chi connectivity index (χ2v) is 8.68. The number of anilines is 2. The lowest BCUT2D eigenvalue weighted by molar-refractivity contribution is -0.117. The monoisotopic (exact) mass is 394 g/mol. The van der Waals surface area contributed by atoms with Crippen LogP contribution >= 0.6 is 0 Å². The molecule has 7 nitrogen and oxygen atoms in total. The van der Waals surface area contributed by atoms with Crippen molar-refractivity contribution in [2.45, 2.75) is 44.9 Å². The Bertz CT molecular complexity index is 911. The highest BCUT2D eigenvalue weighted by Crippen LogP contribution is 2.31. The van der Waals surface area contributed by atoms with Crippen LogP contribution in [0, 0.1) is 11.8 Å². The van der Waals surface area contributed by atoms with E-state index < -0.39 is 0 Å². The van der Waals surface area contributed by atoms with Gasteiger partial charge in [0.15, 0.2) is 5.65 Å². The molecule has 1 saturated carbocycles. The number of nitrogens with one attached hydrogen (secondary N) is 1. The van der Waals surface area contributed by atoms with Gasteiger partial charge in [0.05, 0.1) is 0 Å². The number of fused-ring (bicyclic) bond motifs is 1. The highest BCUT2D eigenvalue weighted by atomic mass is 16.2. The summed E-state index contributed by atoms with van der Waals surface area (Å²) in [6.07, 6.45) is 8.19. The highest BCUT2D eigenvalue weighted by Gasteiger charge is 2.31. The van der Waals surface area contributed by atoms with Gasteiger partial charge in [0.2, 0.25) is 11.9 Å². The van der Waals surface area contributed by atoms with E-state index in [4.69, 9.17) is 0 Å². The molecule has 0 aromatic carbocycles. The van der Waals surface area contributed by atoms with Crippen molar-refractivity contribution in [1.82, 2.24) is 19.5 Å². The molecule has 1 N–H and O–H groups in total. The lowest BCUT2D eigenvalue weighted by atomic mass is 9.93. The summed E-state index contributed by atoms with van der Waals surface area (Å²) in [4.78, 5) is 21.5. The number of hydrogen-bond donors (Lipinski definition) is 1. The molecule has 2 saturated heterocycles. The highest BCUT2D eigenvalue weighted by molar-refractivity contribution is 5.92. The Morgan fingerprint density at radius 3 is 2.66 bits per heavy atom. The van der Waals surface area contributed by atoms with Crippen LogP contribution < -0.4 is 10.2 Å². The summed E-state index contributed by atoms with van der Waals surface area (Å²) in [7, 11) is 0. The molecular formula is C22H30N6O. The van der Waals surface area contributed by atoms with E-state index in [1.54, 1.807) is 0 Å². The smallest absolute Gasteiger partial charge is 0.249 e. The Balaban J connectivity index is 1.34. The van der Waals surface area contributed by atoms with Gasteiger partial charge in [-0.05, 0) is 57.1 Å². The molecule has 1 amide bonds. The van der Waals surface area contributed by atoms with Crippen molar-refractivity contribution >= 4 is 23.3 Å². The zero-order chi connectivity index (χ0) is 19.8. The van der Waals surface area contributed by atoms with Crippen LogP contribution in [-0.2, 0) is 4.79 Å². The summed E-state index contributed by atoms with van der Waals surface area (Å²) < 4.78 is 1.87. The van der Waals surface area contributed by atoms with E-state index in [-0.39, 0.29) is 11.8 Å². The van der Waals surface area contributed by atoms with E-state index in [0.717, 1.165) is 56.9 Å². The van der Waals surface area contributed by atoms with E-state index in [1.165, 1.54) is 31.4 Å². The van der Waals surface area contributed by atoms with Crippen LogP contribution in [0.3, 0.4) is 0 Å². The average molecular weight is 395 g/mol. The lowest BCUT2D eigenvalue weighted by Gasteiger charge is -2.40. The SMILES string of the molecule is C=C(C1CCCN(c2cccc3nc(NC(=O)C4CC4)nn23)C1)N1CCCCC1. The standard InChI is InChI=1S/C22H30N6O/c1-16(26-12-3-2-4-13-26)18-7-6-14-27(15-18)20-9-5-8-19-23-22(25-28(19)20)24-21(29)17-10-11-17/h5,8-9,17-18H,1-4,6-7,10-15H2,(H,24,25,29). The molecule has 4 heterocycles. The van der Waals surface area contributed by atoms with Gasteiger partial charge in [-0.15, -0.1) is 5.10 Å². The van der Waals surface area contributed by atoms with Crippen molar-refractivity contribution in [1.29, 1.82) is 0 Å². The Morgan fingerprint density at radius 2 is 1.86 bits per heavy atom. The molecule has 1 atom stereocenters. The zero-order valence-corrected chi connectivity index (χ0v) is 17.0. The van der Waals surface area contributed by atoms with Gasteiger partial charge in [0.25, 0.3) is 0 Å². The fraction of sp³-hybridized carbons (Fsp3) is 0.591. The predicted molar refractivity (Wildman–Crippen MR) is 114 cm³/mol. The summed E-state index contributed by atoms with van der Waals surface area (Å²) in [5.41, 5.74) is 2.07. The van der Waals surface area contributed by atoms with E-state index >= 15 is 0 Å². The molecule has 2 aliphatic heterocycles. The normalized spacial score (nSPS) is 22.7. The number of piperidine rings is 2. The maximum Gasteiger partial charge on any atom is 0.249 e. The molecule has 2 aromatic rings. The molecule has 3 fully saturated rings. The summed E-state index contributed by atoms with van der Waals surface area (Å²) in [5.74, 6) is 2.11. The Hall–Kier alpha value is -2.57. The van der Waals surface area contributed by atoms with Crippen LogP contribution in [0.5, 0.6) is 0 Å². The van der Waals surface area contributed by atoms with Crippen molar-refractivity contribution < 1.29 is 4.79 Å². The summed E-state index contributed by atoms with van der Waals surface area (Å²) in [6.45, 7) is 8.73. The number of pyridine rings is 1. The number of carbonyl (C=O) groups excluding carboxylic acids is 1. The van der Waals surface area contributed by atoms with Gasteiger partial charge in [-0.2, -0.15) is 9.50 Å². The van der Waals surface area contributed by atoms with E-state index in [9.17, 15) is 4.79 Å². The second kappa shape index (κ2) is 7.69. The molecule has 2 aromatic heterocycles. The summed E-state index contributed by atoms with van der Waals surface area (Å²) >= 11 is 0. The van der Waals surface area contributed by atoms with Gasteiger partial charge >= 0.3 is 0 Å². The molecule has 154 valence electrons. The largest absolute Gasteiger partial charge is 0.375 e. The van der Waals surface area contributed by atoms with Crippen LogP contribution in [-0.4, -0.2) is 51.6 Å². The number of rotatable bonds is 5. The molecule has 7 heteroatoms.